The number of rotatable bonds is 9. The van der Waals surface area contributed by atoms with E-state index in [1.807, 2.05) is 12.1 Å². The van der Waals surface area contributed by atoms with E-state index >= 15 is 0 Å². The zero-order valence-corrected chi connectivity index (χ0v) is 26.0. The van der Waals surface area contributed by atoms with Gasteiger partial charge in [0.1, 0.15) is 29.9 Å². The lowest BCUT2D eigenvalue weighted by molar-refractivity contribution is -0.139. The topological polar surface area (TPSA) is 112 Å². The highest BCUT2D eigenvalue weighted by molar-refractivity contribution is 7.07. The van der Waals surface area contributed by atoms with Crippen LogP contribution in [0.5, 0.6) is 17.2 Å². The number of fused-ring (bicyclic) bond motifs is 1. The second-order valence-electron chi connectivity index (χ2n) is 9.69. The molecule has 44 heavy (non-hydrogen) atoms. The third-order valence-electron chi connectivity index (χ3n) is 6.99. The van der Waals surface area contributed by atoms with Gasteiger partial charge in [-0.2, -0.15) is 5.26 Å². The van der Waals surface area contributed by atoms with Crippen molar-refractivity contribution in [3.05, 3.63) is 119 Å². The number of hydrogen-bond donors (Lipinski definition) is 0. The van der Waals surface area contributed by atoms with Crippen LogP contribution in [0.3, 0.4) is 0 Å². The van der Waals surface area contributed by atoms with E-state index in [-0.39, 0.29) is 24.3 Å². The summed E-state index contributed by atoms with van der Waals surface area (Å²) in [5.41, 5.74) is 2.92. The summed E-state index contributed by atoms with van der Waals surface area (Å²) in [4.78, 5) is 32.5. The smallest absolute Gasteiger partial charge is 0.338 e. The maximum Gasteiger partial charge on any atom is 0.338 e. The SMILES string of the molecule is CCOC(=O)C1=C(C)N=c2s/c(=C\c3cc(Cl)ccc3OCc3ccc(C#N)cc3)c(=O)n2[C@H]1c1ccc(OC)cc1OC. The van der Waals surface area contributed by atoms with Crippen LogP contribution in [0.25, 0.3) is 6.08 Å². The Morgan fingerprint density at radius 1 is 1.09 bits per heavy atom. The third-order valence-corrected chi connectivity index (χ3v) is 8.21. The summed E-state index contributed by atoms with van der Waals surface area (Å²) in [5.74, 6) is 0.945. The highest BCUT2D eigenvalue weighted by Crippen LogP contribution is 2.37. The number of carbonyl (C=O) groups is 1. The Labute approximate surface area is 262 Å². The maximum absolute atomic E-state index is 14.1. The maximum atomic E-state index is 14.1. The number of aromatic nitrogens is 1. The fourth-order valence-electron chi connectivity index (χ4n) is 4.87. The summed E-state index contributed by atoms with van der Waals surface area (Å²) in [6.07, 6.45) is 1.70. The van der Waals surface area contributed by atoms with Crippen LogP contribution in [0, 0.1) is 11.3 Å². The van der Waals surface area contributed by atoms with Crippen LogP contribution in [0.2, 0.25) is 5.02 Å². The van der Waals surface area contributed by atoms with Crippen molar-refractivity contribution in [3.8, 4) is 23.3 Å². The summed E-state index contributed by atoms with van der Waals surface area (Å²) in [5, 5.41) is 9.53. The van der Waals surface area contributed by atoms with E-state index in [2.05, 4.69) is 11.1 Å². The molecule has 4 aromatic rings. The molecule has 0 fully saturated rings. The molecule has 0 bridgehead atoms. The molecule has 0 amide bonds. The molecule has 0 spiro atoms. The summed E-state index contributed by atoms with van der Waals surface area (Å²) < 4.78 is 24.4. The number of allylic oxidation sites excluding steroid dienone is 1. The Morgan fingerprint density at radius 3 is 2.55 bits per heavy atom. The Morgan fingerprint density at radius 2 is 1.86 bits per heavy atom. The molecule has 0 N–H and O–H groups in total. The largest absolute Gasteiger partial charge is 0.497 e. The van der Waals surface area contributed by atoms with Crippen LogP contribution < -0.4 is 29.1 Å². The predicted octanol–water partition coefficient (Wildman–Crippen LogP) is 4.92. The van der Waals surface area contributed by atoms with Crippen molar-refractivity contribution in [2.75, 3.05) is 20.8 Å². The van der Waals surface area contributed by atoms with Crippen LogP contribution in [0.4, 0.5) is 0 Å². The number of hydrogen-bond acceptors (Lipinski definition) is 9. The molecule has 0 radical (unpaired) electrons. The van der Waals surface area contributed by atoms with Crippen molar-refractivity contribution < 1.29 is 23.7 Å². The Kier molecular flexibility index (Phi) is 9.18. The van der Waals surface area contributed by atoms with E-state index in [1.54, 1.807) is 75.6 Å². The minimum atomic E-state index is -0.861. The standard InChI is InChI=1S/C33H28ClN3O6S/c1-5-42-32(39)29-19(2)36-33-37(30(29)25-12-11-24(40-3)16-27(25)41-4)31(38)28(44-33)15-22-14-23(34)10-13-26(22)43-18-21-8-6-20(17-35)7-9-21/h6-16,30H,5,18H2,1-4H3/b28-15-/t30-/m0/s1. The minimum absolute atomic E-state index is 0.159. The molecular weight excluding hydrogens is 602 g/mol. The molecule has 0 unspecified atom stereocenters. The van der Waals surface area contributed by atoms with Gasteiger partial charge in [0.25, 0.3) is 5.56 Å². The lowest BCUT2D eigenvalue weighted by Crippen LogP contribution is -2.40. The first kappa shape index (κ1) is 30.6. The van der Waals surface area contributed by atoms with Crippen molar-refractivity contribution >= 4 is 35.0 Å². The van der Waals surface area contributed by atoms with Gasteiger partial charge in [0.2, 0.25) is 0 Å². The second kappa shape index (κ2) is 13.2. The minimum Gasteiger partial charge on any atom is -0.497 e. The van der Waals surface area contributed by atoms with E-state index in [4.69, 9.17) is 35.8 Å². The fourth-order valence-corrected chi connectivity index (χ4v) is 6.09. The van der Waals surface area contributed by atoms with E-state index in [0.29, 0.717) is 54.0 Å². The molecule has 1 atom stereocenters. The van der Waals surface area contributed by atoms with Crippen LogP contribution in [0.1, 0.15) is 42.1 Å². The summed E-state index contributed by atoms with van der Waals surface area (Å²) >= 11 is 7.54. The molecule has 3 aromatic carbocycles. The van der Waals surface area contributed by atoms with Gasteiger partial charge in [-0.15, -0.1) is 0 Å². The molecule has 0 saturated heterocycles. The van der Waals surface area contributed by atoms with Gasteiger partial charge in [-0.25, -0.2) is 9.79 Å². The molecule has 224 valence electrons. The van der Waals surface area contributed by atoms with Gasteiger partial charge in [-0.1, -0.05) is 35.1 Å². The number of nitriles is 1. The van der Waals surface area contributed by atoms with Crippen LogP contribution >= 0.6 is 22.9 Å². The number of thiazole rings is 1. The van der Waals surface area contributed by atoms with Crippen molar-refractivity contribution in [1.29, 1.82) is 5.26 Å². The summed E-state index contributed by atoms with van der Waals surface area (Å²) in [7, 11) is 3.06. The van der Waals surface area contributed by atoms with Gasteiger partial charge in [0.15, 0.2) is 4.80 Å². The van der Waals surface area contributed by atoms with Gasteiger partial charge in [0.05, 0.1) is 48.3 Å². The van der Waals surface area contributed by atoms with Gasteiger partial charge in [-0.05, 0) is 68.0 Å². The number of methoxy groups -OCH3 is 2. The first-order valence-electron chi connectivity index (χ1n) is 13.6. The number of halogens is 1. The Bertz CT molecular complexity index is 1990. The van der Waals surface area contributed by atoms with E-state index in [1.165, 1.54) is 23.0 Å². The number of esters is 1. The zero-order chi connectivity index (χ0) is 31.4. The van der Waals surface area contributed by atoms with Gasteiger partial charge in [0, 0.05) is 22.2 Å². The molecule has 0 saturated carbocycles. The van der Waals surface area contributed by atoms with Crippen molar-refractivity contribution in [1.82, 2.24) is 4.57 Å². The number of nitrogens with zero attached hydrogens (tertiary/aromatic N) is 3. The van der Waals surface area contributed by atoms with Gasteiger partial charge in [-0.3, -0.25) is 9.36 Å². The molecule has 0 aliphatic carbocycles. The van der Waals surface area contributed by atoms with E-state index < -0.39 is 12.0 Å². The molecular formula is C33H28ClN3O6S. The Hall–Kier alpha value is -4.85. The van der Waals surface area contributed by atoms with E-state index in [0.717, 1.165) is 5.56 Å². The highest BCUT2D eigenvalue weighted by Gasteiger charge is 2.35. The molecule has 2 heterocycles. The number of ether oxygens (including phenoxy) is 4. The molecule has 1 aromatic heterocycles. The van der Waals surface area contributed by atoms with Crippen molar-refractivity contribution in [2.45, 2.75) is 26.5 Å². The van der Waals surface area contributed by atoms with Crippen LogP contribution in [-0.4, -0.2) is 31.4 Å². The van der Waals surface area contributed by atoms with Gasteiger partial charge >= 0.3 is 5.97 Å². The molecule has 9 nitrogen and oxygen atoms in total. The second-order valence-corrected chi connectivity index (χ2v) is 11.1. The molecule has 1 aliphatic rings. The number of benzene rings is 3. The van der Waals surface area contributed by atoms with Crippen molar-refractivity contribution in [3.63, 3.8) is 0 Å². The molecule has 11 heteroatoms. The van der Waals surface area contributed by atoms with Crippen LogP contribution in [0.15, 0.2) is 81.7 Å². The van der Waals surface area contributed by atoms with E-state index in [9.17, 15) is 9.59 Å². The zero-order valence-electron chi connectivity index (χ0n) is 24.4. The lowest BCUT2D eigenvalue weighted by atomic mass is 9.95. The molecule has 5 rings (SSSR count). The average Bonchev–Trinajstić information content (AvgIpc) is 3.33. The van der Waals surface area contributed by atoms with Crippen LogP contribution in [-0.2, 0) is 16.1 Å². The first-order chi connectivity index (χ1) is 21.3. The summed E-state index contributed by atoms with van der Waals surface area (Å²) in [6.45, 7) is 3.84. The van der Waals surface area contributed by atoms with Crippen molar-refractivity contribution in [2.24, 2.45) is 4.99 Å². The third kappa shape index (κ3) is 6.11. The normalized spacial score (nSPS) is 14.4. The highest BCUT2D eigenvalue weighted by atomic mass is 35.5. The number of carbonyl (C=O) groups excluding carboxylic acids is 1. The predicted molar refractivity (Wildman–Crippen MR) is 167 cm³/mol. The lowest BCUT2D eigenvalue weighted by Gasteiger charge is -2.26. The molecule has 1 aliphatic heterocycles. The van der Waals surface area contributed by atoms with Gasteiger partial charge < -0.3 is 18.9 Å². The average molecular weight is 630 g/mol. The first-order valence-corrected chi connectivity index (χ1v) is 14.8. The fraction of sp³-hybridized carbons (Fsp3) is 0.212. The quantitative estimate of drug-likeness (QED) is 0.242. The summed E-state index contributed by atoms with van der Waals surface area (Å²) in [6, 6.07) is 18.7. The monoisotopic (exact) mass is 629 g/mol. The Balaban J connectivity index is 1.63.